The van der Waals surface area contributed by atoms with E-state index in [2.05, 4.69) is 19.9 Å². The summed E-state index contributed by atoms with van der Waals surface area (Å²) < 4.78 is 2.01. The summed E-state index contributed by atoms with van der Waals surface area (Å²) in [5.74, 6) is 1.75. The smallest absolute Gasteiger partial charge is 0.145 e. The highest BCUT2D eigenvalue weighted by Gasteiger charge is 2.10. The Bertz CT molecular complexity index is 735. The number of aryl methyl sites for hydroxylation is 1. The molecule has 0 aliphatic rings. The van der Waals surface area contributed by atoms with Crippen LogP contribution in [0.1, 0.15) is 11.6 Å². The van der Waals surface area contributed by atoms with Crippen molar-refractivity contribution in [2.75, 3.05) is 7.05 Å². The first-order valence-electron chi connectivity index (χ1n) is 6.18. The van der Waals surface area contributed by atoms with Crippen molar-refractivity contribution in [3.05, 3.63) is 40.6 Å². The molecule has 0 fully saturated rings. The summed E-state index contributed by atoms with van der Waals surface area (Å²) in [4.78, 5) is 16.3. The van der Waals surface area contributed by atoms with Crippen molar-refractivity contribution in [3.63, 3.8) is 0 Å². The van der Waals surface area contributed by atoms with Crippen molar-refractivity contribution in [2.24, 2.45) is 7.05 Å². The second-order valence-electron chi connectivity index (χ2n) is 4.70. The van der Waals surface area contributed by atoms with Gasteiger partial charge in [-0.3, -0.25) is 4.90 Å². The number of rotatable bonds is 4. The van der Waals surface area contributed by atoms with Gasteiger partial charge in [0.2, 0.25) is 0 Å². The first-order valence-corrected chi connectivity index (χ1v) is 7.43. The Morgan fingerprint density at radius 3 is 2.95 bits per heavy atom. The molecule has 3 rings (SSSR count). The standard InChI is InChI=1S/C13H14ClN5S/c1-18(8-11-15-4-5-19(11)2)7-10-16-12(14)9-3-6-20-13(9)17-10/h3-6H,7-8H2,1-2H3. The van der Waals surface area contributed by atoms with E-state index in [1.807, 2.05) is 36.3 Å². The highest BCUT2D eigenvalue weighted by Crippen LogP contribution is 2.25. The van der Waals surface area contributed by atoms with E-state index < -0.39 is 0 Å². The van der Waals surface area contributed by atoms with Crippen LogP contribution in [0.5, 0.6) is 0 Å². The zero-order valence-corrected chi connectivity index (χ0v) is 12.8. The Morgan fingerprint density at radius 1 is 1.35 bits per heavy atom. The Labute approximate surface area is 125 Å². The van der Waals surface area contributed by atoms with Crippen LogP contribution in [0.3, 0.4) is 0 Å². The third kappa shape index (κ3) is 2.67. The predicted octanol–water partition coefficient (Wildman–Crippen LogP) is 2.71. The molecule has 0 atom stereocenters. The molecule has 0 bridgehead atoms. The molecule has 20 heavy (non-hydrogen) atoms. The van der Waals surface area contributed by atoms with E-state index in [1.54, 1.807) is 17.5 Å². The van der Waals surface area contributed by atoms with Crippen LogP contribution in [-0.4, -0.2) is 31.5 Å². The van der Waals surface area contributed by atoms with E-state index in [1.165, 1.54) is 0 Å². The van der Waals surface area contributed by atoms with Gasteiger partial charge in [-0.05, 0) is 18.5 Å². The van der Waals surface area contributed by atoms with Crippen molar-refractivity contribution in [1.29, 1.82) is 0 Å². The number of imidazole rings is 1. The third-order valence-corrected chi connectivity index (χ3v) is 4.16. The SMILES string of the molecule is CN(Cc1nc(Cl)c2ccsc2n1)Cc1nccn1C. The number of aromatic nitrogens is 4. The lowest BCUT2D eigenvalue weighted by Gasteiger charge is -2.15. The lowest BCUT2D eigenvalue weighted by molar-refractivity contribution is 0.299. The Morgan fingerprint density at radius 2 is 2.20 bits per heavy atom. The van der Waals surface area contributed by atoms with Crippen LogP contribution in [-0.2, 0) is 20.1 Å². The van der Waals surface area contributed by atoms with Gasteiger partial charge in [0.15, 0.2) is 0 Å². The van der Waals surface area contributed by atoms with Crippen LogP contribution in [0, 0.1) is 0 Å². The van der Waals surface area contributed by atoms with Gasteiger partial charge in [-0.25, -0.2) is 15.0 Å². The number of hydrogen-bond donors (Lipinski definition) is 0. The minimum atomic E-state index is 0.525. The molecule has 0 saturated heterocycles. The summed E-state index contributed by atoms with van der Waals surface area (Å²) in [5, 5.41) is 3.43. The average Bonchev–Trinajstić information content (AvgIpc) is 2.99. The zero-order valence-electron chi connectivity index (χ0n) is 11.2. The van der Waals surface area contributed by atoms with Crippen molar-refractivity contribution < 1.29 is 0 Å². The van der Waals surface area contributed by atoms with Gasteiger partial charge in [0.25, 0.3) is 0 Å². The van der Waals surface area contributed by atoms with Gasteiger partial charge in [-0.1, -0.05) is 11.6 Å². The fourth-order valence-electron chi connectivity index (χ4n) is 2.02. The van der Waals surface area contributed by atoms with Crippen LogP contribution in [0.15, 0.2) is 23.8 Å². The summed E-state index contributed by atoms with van der Waals surface area (Å²) in [6, 6.07) is 1.95. The Balaban J connectivity index is 1.77. The van der Waals surface area contributed by atoms with E-state index in [0.717, 1.165) is 28.4 Å². The molecule has 5 nitrogen and oxygen atoms in total. The van der Waals surface area contributed by atoms with Gasteiger partial charge < -0.3 is 4.57 Å². The van der Waals surface area contributed by atoms with Crippen LogP contribution in [0.25, 0.3) is 10.2 Å². The molecule has 0 amide bonds. The molecule has 0 aliphatic heterocycles. The normalized spacial score (nSPS) is 11.6. The molecule has 0 radical (unpaired) electrons. The molecule has 0 aromatic carbocycles. The van der Waals surface area contributed by atoms with Crippen LogP contribution in [0.2, 0.25) is 5.15 Å². The first-order chi connectivity index (χ1) is 9.63. The molecule has 104 valence electrons. The van der Waals surface area contributed by atoms with Gasteiger partial charge >= 0.3 is 0 Å². The molecule has 3 aromatic rings. The molecular weight excluding hydrogens is 294 g/mol. The topological polar surface area (TPSA) is 46.8 Å². The fourth-order valence-corrected chi connectivity index (χ4v) is 3.11. The lowest BCUT2D eigenvalue weighted by atomic mass is 10.4. The van der Waals surface area contributed by atoms with Gasteiger partial charge in [0.1, 0.15) is 21.6 Å². The monoisotopic (exact) mass is 307 g/mol. The van der Waals surface area contributed by atoms with Crippen molar-refractivity contribution in [3.8, 4) is 0 Å². The molecular formula is C13H14ClN5S. The van der Waals surface area contributed by atoms with E-state index in [9.17, 15) is 0 Å². The number of halogens is 1. The van der Waals surface area contributed by atoms with E-state index in [0.29, 0.717) is 11.7 Å². The Kier molecular flexibility index (Phi) is 3.69. The average molecular weight is 308 g/mol. The highest BCUT2D eigenvalue weighted by atomic mass is 35.5. The highest BCUT2D eigenvalue weighted by molar-refractivity contribution is 7.16. The summed E-state index contributed by atoms with van der Waals surface area (Å²) in [6.45, 7) is 1.38. The van der Waals surface area contributed by atoms with Gasteiger partial charge in [-0.2, -0.15) is 0 Å². The second kappa shape index (κ2) is 5.47. The number of fused-ring (bicyclic) bond motifs is 1. The van der Waals surface area contributed by atoms with E-state index in [4.69, 9.17) is 11.6 Å². The van der Waals surface area contributed by atoms with E-state index >= 15 is 0 Å². The van der Waals surface area contributed by atoms with Gasteiger partial charge in [0, 0.05) is 24.8 Å². The van der Waals surface area contributed by atoms with Gasteiger partial charge in [0.05, 0.1) is 13.1 Å². The summed E-state index contributed by atoms with van der Waals surface area (Å²) in [6.07, 6.45) is 3.74. The maximum absolute atomic E-state index is 6.18. The number of nitrogens with zero attached hydrogens (tertiary/aromatic N) is 5. The van der Waals surface area contributed by atoms with Crippen molar-refractivity contribution >= 4 is 33.2 Å². The van der Waals surface area contributed by atoms with Crippen LogP contribution >= 0.6 is 22.9 Å². The molecule has 7 heteroatoms. The quantitative estimate of drug-likeness (QED) is 0.695. The molecule has 0 aliphatic carbocycles. The molecule has 0 unspecified atom stereocenters. The number of thiophene rings is 1. The lowest BCUT2D eigenvalue weighted by Crippen LogP contribution is -2.20. The molecule has 3 aromatic heterocycles. The van der Waals surface area contributed by atoms with Crippen LogP contribution < -0.4 is 0 Å². The summed E-state index contributed by atoms with van der Waals surface area (Å²) in [5.41, 5.74) is 0. The summed E-state index contributed by atoms with van der Waals surface area (Å²) >= 11 is 7.76. The van der Waals surface area contributed by atoms with Crippen molar-refractivity contribution in [1.82, 2.24) is 24.4 Å². The molecule has 3 heterocycles. The first kappa shape index (κ1) is 13.5. The van der Waals surface area contributed by atoms with Crippen molar-refractivity contribution in [2.45, 2.75) is 13.1 Å². The minimum Gasteiger partial charge on any atom is -0.337 e. The van der Waals surface area contributed by atoms with Crippen LogP contribution in [0.4, 0.5) is 0 Å². The van der Waals surface area contributed by atoms with Gasteiger partial charge in [-0.15, -0.1) is 11.3 Å². The molecule has 0 N–H and O–H groups in total. The predicted molar refractivity (Wildman–Crippen MR) is 80.8 cm³/mol. The van der Waals surface area contributed by atoms with E-state index in [-0.39, 0.29) is 0 Å². The largest absolute Gasteiger partial charge is 0.337 e. The molecule has 0 saturated carbocycles. The maximum atomic E-state index is 6.18. The Hall–Kier alpha value is -1.50. The maximum Gasteiger partial charge on any atom is 0.145 e. The third-order valence-electron chi connectivity index (χ3n) is 3.07. The molecule has 0 spiro atoms. The summed E-state index contributed by atoms with van der Waals surface area (Å²) in [7, 11) is 4.01. The minimum absolute atomic E-state index is 0.525. The number of hydrogen-bond acceptors (Lipinski definition) is 5. The fraction of sp³-hybridized carbons (Fsp3) is 0.308. The second-order valence-corrected chi connectivity index (χ2v) is 5.95. The zero-order chi connectivity index (χ0) is 14.1.